The van der Waals surface area contributed by atoms with Gasteiger partial charge in [-0.25, -0.2) is 0 Å². The summed E-state index contributed by atoms with van der Waals surface area (Å²) in [5, 5.41) is 6.68. The van der Waals surface area contributed by atoms with Gasteiger partial charge in [-0.05, 0) is 26.4 Å². The molecule has 0 saturated carbocycles. The second-order valence-electron chi connectivity index (χ2n) is 3.20. The van der Waals surface area contributed by atoms with Crippen LogP contribution in [-0.2, 0) is 0 Å². The van der Waals surface area contributed by atoms with Gasteiger partial charge in [0.15, 0.2) is 0 Å². The average Bonchev–Trinajstić information content (AvgIpc) is 2.15. The van der Waals surface area contributed by atoms with Crippen LogP contribution in [0.4, 0.5) is 0 Å². The highest BCUT2D eigenvalue weighted by molar-refractivity contribution is 4.95. The molecule has 1 rings (SSSR count). The van der Waals surface area contributed by atoms with Crippen molar-refractivity contribution >= 4 is 0 Å². The van der Waals surface area contributed by atoms with Crippen molar-refractivity contribution in [3.8, 4) is 0 Å². The molecule has 2 N–H and O–H groups in total. The highest BCUT2D eigenvalue weighted by atomic mass is 15.1. The topological polar surface area (TPSA) is 24.1 Å². The van der Waals surface area contributed by atoms with Gasteiger partial charge >= 0.3 is 0 Å². The summed E-state index contributed by atoms with van der Waals surface area (Å²) in [6.45, 7) is 6.79. The highest BCUT2D eigenvalue weighted by Crippen LogP contribution is 2.19. The third-order valence-corrected chi connectivity index (χ3v) is 2.60. The number of nitrogens with one attached hydrogen (secondary N) is 2. The minimum Gasteiger partial charge on any atom is -0.315 e. The summed E-state index contributed by atoms with van der Waals surface area (Å²) in [6.07, 6.45) is 0. The first-order chi connectivity index (χ1) is 4.19. The van der Waals surface area contributed by atoms with E-state index in [9.17, 15) is 0 Å². The summed E-state index contributed by atoms with van der Waals surface area (Å²) in [4.78, 5) is 0. The van der Waals surface area contributed by atoms with E-state index in [0.717, 1.165) is 19.0 Å². The van der Waals surface area contributed by atoms with Gasteiger partial charge in [-0.3, -0.25) is 0 Å². The van der Waals surface area contributed by atoms with E-state index in [4.69, 9.17) is 0 Å². The number of rotatable bonds is 1. The van der Waals surface area contributed by atoms with E-state index in [1.54, 1.807) is 0 Å². The first kappa shape index (κ1) is 7.03. The lowest BCUT2D eigenvalue weighted by atomic mass is 9.91. The summed E-state index contributed by atoms with van der Waals surface area (Å²) in [5.74, 6) is 0.752. The highest BCUT2D eigenvalue weighted by Gasteiger charge is 2.33. The Labute approximate surface area is 57.0 Å². The van der Waals surface area contributed by atoms with Crippen LogP contribution < -0.4 is 10.6 Å². The SMILES string of the molecule is CNC1(C)CNCC1C. The maximum Gasteiger partial charge on any atom is 0.0312 e. The fraction of sp³-hybridized carbons (Fsp3) is 1.00. The molecule has 0 aromatic heterocycles. The van der Waals surface area contributed by atoms with Crippen LogP contribution in [-0.4, -0.2) is 25.7 Å². The predicted octanol–water partition coefficient (Wildman–Crippen LogP) is 0.204. The van der Waals surface area contributed by atoms with Gasteiger partial charge in [0.25, 0.3) is 0 Å². The average molecular weight is 128 g/mol. The molecule has 0 aromatic carbocycles. The van der Waals surface area contributed by atoms with E-state index < -0.39 is 0 Å². The Bertz CT molecular complexity index is 103. The Balaban J connectivity index is 2.56. The van der Waals surface area contributed by atoms with Crippen LogP contribution >= 0.6 is 0 Å². The minimum absolute atomic E-state index is 0.333. The van der Waals surface area contributed by atoms with Crippen LogP contribution in [0.25, 0.3) is 0 Å². The molecule has 0 amide bonds. The molecule has 54 valence electrons. The smallest absolute Gasteiger partial charge is 0.0312 e. The van der Waals surface area contributed by atoms with Gasteiger partial charge in [-0.2, -0.15) is 0 Å². The molecule has 0 radical (unpaired) electrons. The third-order valence-electron chi connectivity index (χ3n) is 2.60. The molecule has 2 atom stereocenters. The molecule has 2 unspecified atom stereocenters. The molecule has 2 heteroatoms. The first-order valence-corrected chi connectivity index (χ1v) is 3.58. The standard InChI is InChI=1S/C7H16N2/c1-6-4-9-5-7(6,2)8-3/h6,8-9H,4-5H2,1-3H3. The normalized spacial score (nSPS) is 43.7. The van der Waals surface area contributed by atoms with Gasteiger partial charge in [-0.1, -0.05) is 6.92 Å². The van der Waals surface area contributed by atoms with Gasteiger partial charge in [0.2, 0.25) is 0 Å². The van der Waals surface area contributed by atoms with Crippen LogP contribution in [0.15, 0.2) is 0 Å². The van der Waals surface area contributed by atoms with Gasteiger partial charge in [0.1, 0.15) is 0 Å². The van der Waals surface area contributed by atoms with Crippen LogP contribution in [0.2, 0.25) is 0 Å². The van der Waals surface area contributed by atoms with E-state index in [0.29, 0.717) is 5.54 Å². The van der Waals surface area contributed by atoms with Crippen molar-refractivity contribution in [2.24, 2.45) is 5.92 Å². The first-order valence-electron chi connectivity index (χ1n) is 3.58. The lowest BCUT2D eigenvalue weighted by molar-refractivity contribution is 0.335. The van der Waals surface area contributed by atoms with Gasteiger partial charge in [-0.15, -0.1) is 0 Å². The largest absolute Gasteiger partial charge is 0.315 e. The molecular weight excluding hydrogens is 112 g/mol. The summed E-state index contributed by atoms with van der Waals surface area (Å²) in [7, 11) is 2.03. The monoisotopic (exact) mass is 128 g/mol. The molecular formula is C7H16N2. The Hall–Kier alpha value is -0.0800. The number of hydrogen-bond acceptors (Lipinski definition) is 2. The van der Waals surface area contributed by atoms with Gasteiger partial charge in [0, 0.05) is 12.1 Å². The summed E-state index contributed by atoms with van der Waals surface area (Å²) >= 11 is 0. The molecule has 1 aliphatic heterocycles. The summed E-state index contributed by atoms with van der Waals surface area (Å²) in [6, 6.07) is 0. The molecule has 2 nitrogen and oxygen atoms in total. The van der Waals surface area contributed by atoms with Gasteiger partial charge < -0.3 is 10.6 Å². The zero-order valence-corrected chi connectivity index (χ0v) is 6.49. The second kappa shape index (κ2) is 2.27. The molecule has 9 heavy (non-hydrogen) atoms. The molecule has 0 aromatic rings. The predicted molar refractivity (Wildman–Crippen MR) is 39.5 cm³/mol. The fourth-order valence-corrected chi connectivity index (χ4v) is 1.28. The Morgan fingerprint density at radius 1 is 1.67 bits per heavy atom. The van der Waals surface area contributed by atoms with Crippen LogP contribution in [0.3, 0.4) is 0 Å². The van der Waals surface area contributed by atoms with Crippen molar-refractivity contribution in [3.05, 3.63) is 0 Å². The van der Waals surface area contributed by atoms with Crippen molar-refractivity contribution < 1.29 is 0 Å². The second-order valence-corrected chi connectivity index (χ2v) is 3.20. The Morgan fingerprint density at radius 3 is 2.56 bits per heavy atom. The van der Waals surface area contributed by atoms with E-state index in [1.807, 2.05) is 7.05 Å². The van der Waals surface area contributed by atoms with Crippen LogP contribution in [0, 0.1) is 5.92 Å². The molecule has 1 saturated heterocycles. The van der Waals surface area contributed by atoms with Crippen molar-refractivity contribution in [1.82, 2.24) is 10.6 Å². The molecule has 1 fully saturated rings. The van der Waals surface area contributed by atoms with E-state index >= 15 is 0 Å². The van der Waals surface area contributed by atoms with Crippen molar-refractivity contribution in [2.45, 2.75) is 19.4 Å². The fourth-order valence-electron chi connectivity index (χ4n) is 1.28. The zero-order chi connectivity index (χ0) is 6.91. The molecule has 0 spiro atoms. The van der Waals surface area contributed by atoms with Crippen molar-refractivity contribution in [2.75, 3.05) is 20.1 Å². The Kier molecular flexibility index (Phi) is 1.78. The molecule has 1 heterocycles. The van der Waals surface area contributed by atoms with E-state index in [2.05, 4.69) is 24.5 Å². The maximum absolute atomic E-state index is 3.35. The number of likely N-dealkylation sites (N-methyl/N-ethyl adjacent to an activating group) is 1. The van der Waals surface area contributed by atoms with Crippen LogP contribution in [0.5, 0.6) is 0 Å². The molecule has 0 aliphatic carbocycles. The van der Waals surface area contributed by atoms with Crippen molar-refractivity contribution in [1.29, 1.82) is 0 Å². The minimum atomic E-state index is 0.333. The number of hydrogen-bond donors (Lipinski definition) is 2. The zero-order valence-electron chi connectivity index (χ0n) is 6.49. The van der Waals surface area contributed by atoms with E-state index in [1.165, 1.54) is 0 Å². The van der Waals surface area contributed by atoms with Crippen molar-refractivity contribution in [3.63, 3.8) is 0 Å². The Morgan fingerprint density at radius 2 is 2.33 bits per heavy atom. The maximum atomic E-state index is 3.35. The van der Waals surface area contributed by atoms with Crippen LogP contribution in [0.1, 0.15) is 13.8 Å². The quantitative estimate of drug-likeness (QED) is 0.527. The lowest BCUT2D eigenvalue weighted by Gasteiger charge is -2.27. The van der Waals surface area contributed by atoms with E-state index in [-0.39, 0.29) is 0 Å². The third kappa shape index (κ3) is 1.10. The lowest BCUT2D eigenvalue weighted by Crippen LogP contribution is -2.45. The summed E-state index contributed by atoms with van der Waals surface area (Å²) < 4.78 is 0. The molecule has 1 aliphatic rings. The summed E-state index contributed by atoms with van der Waals surface area (Å²) in [5.41, 5.74) is 0.333. The van der Waals surface area contributed by atoms with Gasteiger partial charge in [0.05, 0.1) is 0 Å². The molecule has 0 bridgehead atoms.